The molecule has 3 heterocycles. The van der Waals surface area contributed by atoms with Crippen LogP contribution in [0, 0.1) is 11.8 Å². The Balaban J connectivity index is 1.29. The summed E-state index contributed by atoms with van der Waals surface area (Å²) in [6, 6.07) is 10.2. The van der Waals surface area contributed by atoms with Crippen molar-refractivity contribution < 1.29 is 19.4 Å². The first-order valence-electron chi connectivity index (χ1n) is 9.74. The predicted molar refractivity (Wildman–Crippen MR) is 101 cm³/mol. The van der Waals surface area contributed by atoms with E-state index in [0.717, 1.165) is 32.5 Å². The quantitative estimate of drug-likeness (QED) is 0.855. The van der Waals surface area contributed by atoms with Gasteiger partial charge in [-0.2, -0.15) is 0 Å². The zero-order chi connectivity index (χ0) is 18.8. The lowest BCUT2D eigenvalue weighted by Crippen LogP contribution is -2.53. The third kappa shape index (κ3) is 3.77. The van der Waals surface area contributed by atoms with Gasteiger partial charge in [0, 0.05) is 32.7 Å². The molecule has 4 rings (SSSR count). The first-order chi connectivity index (χ1) is 13.1. The van der Waals surface area contributed by atoms with Gasteiger partial charge in [-0.05, 0) is 18.4 Å². The summed E-state index contributed by atoms with van der Waals surface area (Å²) in [7, 11) is 0. The Morgan fingerprint density at radius 2 is 1.70 bits per heavy atom. The zero-order valence-electron chi connectivity index (χ0n) is 15.4. The van der Waals surface area contributed by atoms with Gasteiger partial charge in [-0.3, -0.25) is 14.5 Å². The molecule has 2 bridgehead atoms. The number of ether oxygens (including phenoxy) is 1. The van der Waals surface area contributed by atoms with Gasteiger partial charge in [0.15, 0.2) is 0 Å². The maximum atomic E-state index is 13.0. The molecule has 1 aromatic carbocycles. The van der Waals surface area contributed by atoms with Crippen LogP contribution in [0.2, 0.25) is 0 Å². The number of carbonyl (C=O) groups is 2. The van der Waals surface area contributed by atoms with Gasteiger partial charge in [-0.25, -0.2) is 0 Å². The van der Waals surface area contributed by atoms with E-state index < -0.39 is 17.8 Å². The van der Waals surface area contributed by atoms with E-state index in [-0.39, 0.29) is 18.1 Å². The molecule has 0 spiro atoms. The Bertz CT molecular complexity index is 712. The van der Waals surface area contributed by atoms with E-state index in [0.29, 0.717) is 13.1 Å². The third-order valence-corrected chi connectivity index (χ3v) is 6.00. The van der Waals surface area contributed by atoms with Crippen LogP contribution >= 0.6 is 0 Å². The van der Waals surface area contributed by atoms with Gasteiger partial charge in [-0.15, -0.1) is 0 Å². The molecule has 6 heteroatoms. The highest BCUT2D eigenvalue weighted by molar-refractivity contribution is 5.86. The monoisotopic (exact) mass is 370 g/mol. The first-order valence-corrected chi connectivity index (χ1v) is 9.74. The molecule has 3 aliphatic rings. The number of fused-ring (bicyclic) bond motifs is 2. The van der Waals surface area contributed by atoms with Crippen LogP contribution in [-0.4, -0.2) is 71.7 Å². The van der Waals surface area contributed by atoms with Crippen LogP contribution in [0.1, 0.15) is 18.4 Å². The Morgan fingerprint density at radius 1 is 1.04 bits per heavy atom. The fourth-order valence-electron chi connectivity index (χ4n) is 4.57. The SMILES string of the molecule is O=C(O)C1C2CCC(O2)C1C(=O)N1CCN(CC=Cc2ccccc2)CC1. The van der Waals surface area contributed by atoms with Crippen molar-refractivity contribution in [3.63, 3.8) is 0 Å². The van der Waals surface area contributed by atoms with E-state index in [1.54, 1.807) is 0 Å². The normalized spacial score (nSPS) is 30.9. The summed E-state index contributed by atoms with van der Waals surface area (Å²) in [4.78, 5) is 28.7. The van der Waals surface area contributed by atoms with Crippen molar-refractivity contribution in [2.45, 2.75) is 25.0 Å². The fraction of sp³-hybridized carbons (Fsp3) is 0.524. The van der Waals surface area contributed by atoms with Gasteiger partial charge in [0.2, 0.25) is 5.91 Å². The van der Waals surface area contributed by atoms with E-state index in [1.165, 1.54) is 5.56 Å². The minimum Gasteiger partial charge on any atom is -0.481 e. The van der Waals surface area contributed by atoms with E-state index in [1.807, 2.05) is 23.1 Å². The molecule has 0 radical (unpaired) electrons. The van der Waals surface area contributed by atoms with Crippen LogP contribution in [0.4, 0.5) is 0 Å². The van der Waals surface area contributed by atoms with E-state index in [9.17, 15) is 14.7 Å². The van der Waals surface area contributed by atoms with E-state index in [4.69, 9.17) is 4.74 Å². The summed E-state index contributed by atoms with van der Waals surface area (Å²) in [5.74, 6) is -2.12. The number of carboxylic acids is 1. The number of carbonyl (C=O) groups excluding carboxylic acids is 1. The Labute approximate surface area is 159 Å². The predicted octanol–water partition coefficient (Wildman–Crippen LogP) is 1.72. The number of hydrogen-bond donors (Lipinski definition) is 1. The minimum atomic E-state index is -0.898. The summed E-state index contributed by atoms with van der Waals surface area (Å²) in [6.45, 7) is 3.77. The maximum absolute atomic E-state index is 13.0. The highest BCUT2D eigenvalue weighted by atomic mass is 16.5. The lowest BCUT2D eigenvalue weighted by molar-refractivity contribution is -0.151. The molecule has 0 aromatic heterocycles. The van der Waals surface area contributed by atoms with Crippen LogP contribution in [0.3, 0.4) is 0 Å². The maximum Gasteiger partial charge on any atom is 0.310 e. The Kier molecular flexibility index (Phi) is 5.27. The number of benzene rings is 1. The molecule has 0 aliphatic carbocycles. The first kappa shape index (κ1) is 18.2. The van der Waals surface area contributed by atoms with Crippen molar-refractivity contribution in [1.29, 1.82) is 0 Å². The molecule has 4 atom stereocenters. The molecular weight excluding hydrogens is 344 g/mol. The number of nitrogens with zero attached hydrogens (tertiary/aromatic N) is 2. The van der Waals surface area contributed by atoms with Gasteiger partial charge < -0.3 is 14.7 Å². The standard InChI is InChI=1S/C21H26N2O4/c24-20(18-16-8-9-17(27-16)19(18)21(25)26)23-13-11-22(12-14-23)10-4-7-15-5-2-1-3-6-15/h1-7,16-19H,8-14H2,(H,25,26). The lowest BCUT2D eigenvalue weighted by atomic mass is 9.78. The third-order valence-electron chi connectivity index (χ3n) is 6.00. The highest BCUT2D eigenvalue weighted by Crippen LogP contribution is 2.44. The van der Waals surface area contributed by atoms with Crippen molar-refractivity contribution >= 4 is 18.0 Å². The van der Waals surface area contributed by atoms with Crippen molar-refractivity contribution in [3.8, 4) is 0 Å². The molecule has 4 unspecified atom stereocenters. The molecule has 1 N–H and O–H groups in total. The lowest BCUT2D eigenvalue weighted by Gasteiger charge is -2.37. The van der Waals surface area contributed by atoms with Crippen LogP contribution in [-0.2, 0) is 14.3 Å². The second kappa shape index (κ2) is 7.82. The van der Waals surface area contributed by atoms with Gasteiger partial charge >= 0.3 is 5.97 Å². The van der Waals surface area contributed by atoms with Gasteiger partial charge in [-0.1, -0.05) is 42.5 Å². The summed E-state index contributed by atoms with van der Waals surface area (Å²) in [5.41, 5.74) is 1.18. The molecule has 3 saturated heterocycles. The zero-order valence-corrected chi connectivity index (χ0v) is 15.4. The number of carboxylic acid groups (broad SMARTS) is 1. The fourth-order valence-corrected chi connectivity index (χ4v) is 4.57. The van der Waals surface area contributed by atoms with Crippen LogP contribution in [0.5, 0.6) is 0 Å². The summed E-state index contributed by atoms with van der Waals surface area (Å²) < 4.78 is 5.74. The number of aliphatic carboxylic acids is 1. The van der Waals surface area contributed by atoms with Crippen molar-refractivity contribution in [1.82, 2.24) is 9.80 Å². The summed E-state index contributed by atoms with van der Waals surface area (Å²) in [6.07, 6.45) is 5.32. The largest absolute Gasteiger partial charge is 0.481 e. The Hall–Kier alpha value is -2.18. The molecule has 144 valence electrons. The minimum absolute atomic E-state index is 0.0333. The molecule has 6 nitrogen and oxygen atoms in total. The number of hydrogen-bond acceptors (Lipinski definition) is 4. The molecule has 27 heavy (non-hydrogen) atoms. The number of piperazine rings is 1. The van der Waals surface area contributed by atoms with E-state index >= 15 is 0 Å². The summed E-state index contributed by atoms with van der Waals surface area (Å²) >= 11 is 0. The molecule has 1 amide bonds. The molecule has 3 fully saturated rings. The van der Waals surface area contributed by atoms with Crippen LogP contribution in [0.25, 0.3) is 6.08 Å². The summed E-state index contributed by atoms with van der Waals surface area (Å²) in [5, 5.41) is 9.52. The number of rotatable bonds is 5. The smallest absolute Gasteiger partial charge is 0.310 e. The second-order valence-electron chi connectivity index (χ2n) is 7.62. The van der Waals surface area contributed by atoms with Gasteiger partial charge in [0.05, 0.1) is 24.0 Å². The van der Waals surface area contributed by atoms with Crippen molar-refractivity contribution in [3.05, 3.63) is 42.0 Å². The van der Waals surface area contributed by atoms with Crippen LogP contribution < -0.4 is 0 Å². The second-order valence-corrected chi connectivity index (χ2v) is 7.62. The molecular formula is C21H26N2O4. The average Bonchev–Trinajstić information content (AvgIpc) is 3.30. The van der Waals surface area contributed by atoms with Crippen molar-refractivity contribution in [2.24, 2.45) is 11.8 Å². The Morgan fingerprint density at radius 3 is 2.37 bits per heavy atom. The van der Waals surface area contributed by atoms with Gasteiger partial charge in [0.1, 0.15) is 0 Å². The molecule has 0 saturated carbocycles. The molecule has 3 aliphatic heterocycles. The van der Waals surface area contributed by atoms with Gasteiger partial charge in [0.25, 0.3) is 0 Å². The average molecular weight is 370 g/mol. The topological polar surface area (TPSA) is 70.1 Å². The number of amides is 1. The van der Waals surface area contributed by atoms with E-state index in [2.05, 4.69) is 29.2 Å². The van der Waals surface area contributed by atoms with Crippen LogP contribution in [0.15, 0.2) is 36.4 Å². The van der Waals surface area contributed by atoms with Crippen molar-refractivity contribution in [2.75, 3.05) is 32.7 Å². The molecule has 1 aromatic rings. The highest BCUT2D eigenvalue weighted by Gasteiger charge is 2.56.